The second kappa shape index (κ2) is 6.55. The van der Waals surface area contributed by atoms with Crippen LogP contribution in [-0.2, 0) is 4.74 Å². The van der Waals surface area contributed by atoms with Gasteiger partial charge in [-0.25, -0.2) is 4.98 Å². The van der Waals surface area contributed by atoms with Crippen LogP contribution in [0.2, 0.25) is 0 Å². The van der Waals surface area contributed by atoms with Gasteiger partial charge in [0, 0.05) is 6.54 Å². The number of nitrogens with one attached hydrogen (secondary N) is 1. The number of ether oxygens (including phenoxy) is 1. The minimum atomic E-state index is 0.489. The first-order valence-corrected chi connectivity index (χ1v) is 8.36. The van der Waals surface area contributed by atoms with Gasteiger partial charge in [0.2, 0.25) is 0 Å². The second-order valence-corrected chi connectivity index (χ2v) is 6.53. The van der Waals surface area contributed by atoms with Crippen LogP contribution in [0.1, 0.15) is 37.7 Å². The van der Waals surface area contributed by atoms with Crippen LogP contribution in [0, 0.1) is 6.92 Å². The number of fused-ring (bicyclic) bond motifs is 1. The molecular weight excluding hydrogens is 268 g/mol. The smallest absolute Gasteiger partial charge is 0.183 e. The number of para-hydroxylation sites is 1. The minimum Gasteiger partial charge on any atom is -0.376 e. The van der Waals surface area contributed by atoms with Crippen LogP contribution in [0.4, 0.5) is 5.13 Å². The molecule has 0 atom stereocenters. The fraction of sp³-hybridized carbons (Fsp3) is 0.562. The van der Waals surface area contributed by atoms with Gasteiger partial charge in [-0.1, -0.05) is 42.7 Å². The Labute approximate surface area is 124 Å². The van der Waals surface area contributed by atoms with Crippen molar-refractivity contribution in [2.75, 3.05) is 18.5 Å². The molecule has 108 valence electrons. The van der Waals surface area contributed by atoms with Crippen molar-refractivity contribution in [3.8, 4) is 0 Å². The van der Waals surface area contributed by atoms with Crippen LogP contribution in [0.5, 0.6) is 0 Å². The predicted octanol–water partition coefficient (Wildman–Crippen LogP) is 4.37. The van der Waals surface area contributed by atoms with Gasteiger partial charge in [-0.2, -0.15) is 0 Å². The van der Waals surface area contributed by atoms with Gasteiger partial charge >= 0.3 is 0 Å². The highest BCUT2D eigenvalue weighted by Gasteiger charge is 2.13. The molecular formula is C16H22N2OS. The number of rotatable bonds is 5. The third-order valence-corrected chi connectivity index (χ3v) is 4.88. The Balaban J connectivity index is 1.48. The fourth-order valence-corrected chi connectivity index (χ4v) is 3.75. The van der Waals surface area contributed by atoms with Crippen molar-refractivity contribution >= 4 is 26.7 Å². The van der Waals surface area contributed by atoms with Crippen LogP contribution in [-0.4, -0.2) is 24.2 Å². The molecule has 4 heteroatoms. The molecule has 3 nitrogen and oxygen atoms in total. The van der Waals surface area contributed by atoms with E-state index >= 15 is 0 Å². The van der Waals surface area contributed by atoms with E-state index in [1.54, 1.807) is 11.3 Å². The Bertz CT molecular complexity index is 561. The zero-order valence-corrected chi connectivity index (χ0v) is 12.8. The van der Waals surface area contributed by atoms with Crippen LogP contribution in [0.25, 0.3) is 10.2 Å². The molecule has 2 aromatic rings. The molecule has 1 N–H and O–H groups in total. The lowest BCUT2D eigenvalue weighted by Gasteiger charge is -2.21. The molecule has 1 fully saturated rings. The van der Waals surface area contributed by atoms with E-state index < -0.39 is 0 Å². The summed E-state index contributed by atoms with van der Waals surface area (Å²) in [6.07, 6.45) is 7.00. The summed E-state index contributed by atoms with van der Waals surface area (Å²) in [4.78, 5) is 4.65. The first-order chi connectivity index (χ1) is 9.83. The maximum absolute atomic E-state index is 5.92. The van der Waals surface area contributed by atoms with Crippen molar-refractivity contribution in [1.29, 1.82) is 0 Å². The van der Waals surface area contributed by atoms with Gasteiger partial charge in [0.25, 0.3) is 0 Å². The molecule has 0 spiro atoms. The van der Waals surface area contributed by atoms with Crippen LogP contribution >= 0.6 is 11.3 Å². The molecule has 20 heavy (non-hydrogen) atoms. The summed E-state index contributed by atoms with van der Waals surface area (Å²) in [5.41, 5.74) is 2.36. The maximum Gasteiger partial charge on any atom is 0.183 e. The number of benzene rings is 1. The maximum atomic E-state index is 5.92. The summed E-state index contributed by atoms with van der Waals surface area (Å²) in [5, 5.41) is 4.38. The Hall–Kier alpha value is -1.13. The van der Waals surface area contributed by atoms with Crippen LogP contribution in [0.15, 0.2) is 18.2 Å². The monoisotopic (exact) mass is 290 g/mol. The number of thiazole rings is 1. The highest BCUT2D eigenvalue weighted by molar-refractivity contribution is 7.22. The molecule has 1 saturated carbocycles. The average molecular weight is 290 g/mol. The number of hydrogen-bond acceptors (Lipinski definition) is 4. The molecule has 1 aliphatic rings. The molecule has 1 aromatic heterocycles. The van der Waals surface area contributed by atoms with Crippen molar-refractivity contribution in [3.63, 3.8) is 0 Å². The molecule has 0 aliphatic heterocycles. The van der Waals surface area contributed by atoms with Crippen molar-refractivity contribution < 1.29 is 4.74 Å². The molecule has 3 rings (SSSR count). The van der Waals surface area contributed by atoms with E-state index in [0.29, 0.717) is 6.10 Å². The number of anilines is 1. The highest BCUT2D eigenvalue weighted by Crippen LogP contribution is 2.27. The Morgan fingerprint density at radius 3 is 2.95 bits per heavy atom. The lowest BCUT2D eigenvalue weighted by molar-refractivity contribution is 0.0347. The fourth-order valence-electron chi connectivity index (χ4n) is 2.78. The van der Waals surface area contributed by atoms with Crippen molar-refractivity contribution in [2.45, 2.75) is 45.1 Å². The molecule has 1 aromatic carbocycles. The zero-order valence-electron chi connectivity index (χ0n) is 12.0. The molecule has 0 amide bonds. The second-order valence-electron chi connectivity index (χ2n) is 5.50. The first-order valence-electron chi connectivity index (χ1n) is 7.54. The lowest BCUT2D eigenvalue weighted by Crippen LogP contribution is -2.20. The molecule has 1 aliphatic carbocycles. The van der Waals surface area contributed by atoms with Gasteiger partial charge in [0.15, 0.2) is 5.13 Å². The summed E-state index contributed by atoms with van der Waals surface area (Å²) in [6, 6.07) is 6.33. The van der Waals surface area contributed by atoms with Gasteiger partial charge in [-0.15, -0.1) is 0 Å². The standard InChI is InChI=1S/C16H22N2OS/c1-12-6-5-9-14-15(12)18-16(20-14)17-10-11-19-13-7-3-2-4-8-13/h5-6,9,13H,2-4,7-8,10-11H2,1H3,(H,17,18). The van der Waals surface area contributed by atoms with Crippen LogP contribution < -0.4 is 5.32 Å². The number of aryl methyl sites for hydroxylation is 1. The van der Waals surface area contributed by atoms with Crippen molar-refractivity contribution in [2.24, 2.45) is 0 Å². The summed E-state index contributed by atoms with van der Waals surface area (Å²) < 4.78 is 7.17. The molecule has 1 heterocycles. The Kier molecular flexibility index (Phi) is 4.53. The van der Waals surface area contributed by atoms with Gasteiger partial charge < -0.3 is 10.1 Å². The van der Waals surface area contributed by atoms with Gasteiger partial charge in [-0.3, -0.25) is 0 Å². The lowest BCUT2D eigenvalue weighted by atomic mass is 9.98. The Morgan fingerprint density at radius 1 is 1.30 bits per heavy atom. The average Bonchev–Trinajstić information content (AvgIpc) is 2.89. The van der Waals surface area contributed by atoms with Crippen molar-refractivity contribution in [3.05, 3.63) is 23.8 Å². The predicted molar refractivity (Wildman–Crippen MR) is 85.7 cm³/mol. The van der Waals surface area contributed by atoms with E-state index in [2.05, 4.69) is 35.4 Å². The number of nitrogens with zero attached hydrogens (tertiary/aromatic N) is 1. The number of hydrogen-bond donors (Lipinski definition) is 1. The normalized spacial score (nSPS) is 16.6. The molecule has 0 radical (unpaired) electrons. The third-order valence-electron chi connectivity index (χ3n) is 3.90. The zero-order chi connectivity index (χ0) is 13.8. The van der Waals surface area contributed by atoms with E-state index in [1.807, 2.05) is 0 Å². The number of aromatic nitrogens is 1. The van der Waals surface area contributed by atoms with Crippen molar-refractivity contribution in [1.82, 2.24) is 4.98 Å². The highest BCUT2D eigenvalue weighted by atomic mass is 32.1. The summed E-state index contributed by atoms with van der Waals surface area (Å²) in [5.74, 6) is 0. The molecule has 0 bridgehead atoms. The quantitative estimate of drug-likeness (QED) is 0.830. The van der Waals surface area contributed by atoms with E-state index in [4.69, 9.17) is 4.74 Å². The van der Waals surface area contributed by atoms with E-state index in [9.17, 15) is 0 Å². The largest absolute Gasteiger partial charge is 0.376 e. The van der Waals surface area contributed by atoms with Gasteiger partial charge in [-0.05, 0) is 31.4 Å². The molecule has 0 saturated heterocycles. The van der Waals surface area contributed by atoms with E-state index in [0.717, 1.165) is 23.8 Å². The SMILES string of the molecule is Cc1cccc2sc(NCCOC3CCCCC3)nc12. The topological polar surface area (TPSA) is 34.1 Å². The minimum absolute atomic E-state index is 0.489. The summed E-state index contributed by atoms with van der Waals surface area (Å²) >= 11 is 1.72. The Morgan fingerprint density at radius 2 is 2.15 bits per heavy atom. The van der Waals surface area contributed by atoms with Gasteiger partial charge in [0.05, 0.1) is 22.9 Å². The van der Waals surface area contributed by atoms with E-state index in [-0.39, 0.29) is 0 Å². The first kappa shape index (κ1) is 13.8. The van der Waals surface area contributed by atoms with E-state index in [1.165, 1.54) is 42.4 Å². The molecule has 0 unspecified atom stereocenters. The summed E-state index contributed by atoms with van der Waals surface area (Å²) in [6.45, 7) is 3.73. The van der Waals surface area contributed by atoms with Gasteiger partial charge in [0.1, 0.15) is 0 Å². The third kappa shape index (κ3) is 3.30. The van der Waals surface area contributed by atoms with Crippen LogP contribution in [0.3, 0.4) is 0 Å². The summed E-state index contributed by atoms with van der Waals surface area (Å²) in [7, 11) is 0.